The molecule has 6 nitrogen and oxygen atoms in total. The summed E-state index contributed by atoms with van der Waals surface area (Å²) in [7, 11) is 1.81. The number of carbonyl (C=O) groups is 2. The minimum absolute atomic E-state index is 0.0590. The molecule has 4 rings (SSSR count). The minimum atomic E-state index is -0.344. The molecule has 0 spiro atoms. The minimum Gasteiger partial charge on any atom is -0.337 e. The van der Waals surface area contributed by atoms with Crippen molar-refractivity contribution in [1.82, 2.24) is 19.4 Å². The molecule has 170 valence electrons. The Kier molecular flexibility index (Phi) is 6.73. The first-order valence-corrected chi connectivity index (χ1v) is 11.3. The standard InChI is InChI=1S/C27H30N4O2/c1-4-14-30-16-17-31(27(33)25-28-13-15-29(25)3)19-23(26(30)32)18-22-7-5-6-8-24(22)21-11-9-20(2)10-12-21/h4-13,15,23H,1,14,16-19H2,2-3H3. The SMILES string of the molecule is C=CCN1CCN(C(=O)c2nccn2C)CC(Cc2ccccc2-c2ccc(C)cc2)C1=O. The number of aryl methyl sites for hydroxylation is 2. The number of carbonyl (C=O) groups excluding carboxylic acids is 2. The van der Waals surface area contributed by atoms with E-state index in [0.29, 0.717) is 38.4 Å². The average Bonchev–Trinajstić information content (AvgIpc) is 3.19. The highest BCUT2D eigenvalue weighted by atomic mass is 16.2. The number of hydrogen-bond donors (Lipinski definition) is 0. The third-order valence-corrected chi connectivity index (χ3v) is 6.24. The highest BCUT2D eigenvalue weighted by Gasteiger charge is 2.33. The van der Waals surface area contributed by atoms with Crippen LogP contribution >= 0.6 is 0 Å². The van der Waals surface area contributed by atoms with Gasteiger partial charge in [0, 0.05) is 45.6 Å². The van der Waals surface area contributed by atoms with Crippen LogP contribution in [0, 0.1) is 12.8 Å². The number of imidazole rings is 1. The maximum Gasteiger partial charge on any atom is 0.289 e. The Hall–Kier alpha value is -3.67. The van der Waals surface area contributed by atoms with Gasteiger partial charge in [0.2, 0.25) is 5.91 Å². The number of benzene rings is 2. The number of rotatable bonds is 6. The molecule has 1 fully saturated rings. The molecule has 2 amide bonds. The molecule has 0 N–H and O–H groups in total. The summed E-state index contributed by atoms with van der Waals surface area (Å²) in [4.78, 5) is 34.5. The Morgan fingerprint density at radius 2 is 1.91 bits per heavy atom. The Morgan fingerprint density at radius 3 is 2.61 bits per heavy atom. The van der Waals surface area contributed by atoms with Crippen molar-refractivity contribution in [2.24, 2.45) is 13.0 Å². The smallest absolute Gasteiger partial charge is 0.289 e. The molecule has 1 atom stereocenters. The summed E-state index contributed by atoms with van der Waals surface area (Å²) < 4.78 is 1.72. The quantitative estimate of drug-likeness (QED) is 0.547. The van der Waals surface area contributed by atoms with Crippen molar-refractivity contribution < 1.29 is 9.59 Å². The average molecular weight is 443 g/mol. The molecule has 0 radical (unpaired) electrons. The van der Waals surface area contributed by atoms with Gasteiger partial charge in [0.25, 0.3) is 5.91 Å². The molecule has 1 aliphatic heterocycles. The first-order valence-electron chi connectivity index (χ1n) is 11.3. The molecule has 1 aromatic heterocycles. The lowest BCUT2D eigenvalue weighted by Gasteiger charge is -2.24. The van der Waals surface area contributed by atoms with E-state index in [1.807, 2.05) is 19.2 Å². The highest BCUT2D eigenvalue weighted by Crippen LogP contribution is 2.28. The molecule has 2 aromatic carbocycles. The van der Waals surface area contributed by atoms with Gasteiger partial charge in [0.05, 0.1) is 5.92 Å². The molecule has 0 bridgehead atoms. The maximum atomic E-state index is 13.5. The molecule has 2 heterocycles. The van der Waals surface area contributed by atoms with Crippen molar-refractivity contribution in [1.29, 1.82) is 0 Å². The van der Waals surface area contributed by atoms with Gasteiger partial charge in [0.1, 0.15) is 0 Å². The molecule has 0 aliphatic carbocycles. The Morgan fingerprint density at radius 1 is 1.15 bits per heavy atom. The number of aromatic nitrogens is 2. The van der Waals surface area contributed by atoms with E-state index in [0.717, 1.165) is 16.7 Å². The summed E-state index contributed by atoms with van der Waals surface area (Å²) in [6, 6.07) is 16.6. The monoisotopic (exact) mass is 442 g/mol. The van der Waals surface area contributed by atoms with E-state index < -0.39 is 0 Å². The van der Waals surface area contributed by atoms with E-state index in [1.54, 1.807) is 32.8 Å². The summed E-state index contributed by atoms with van der Waals surface area (Å²) in [5.41, 5.74) is 4.55. The predicted molar refractivity (Wildman–Crippen MR) is 130 cm³/mol. The van der Waals surface area contributed by atoms with Crippen LogP contribution in [-0.2, 0) is 18.3 Å². The van der Waals surface area contributed by atoms with Crippen molar-refractivity contribution in [3.63, 3.8) is 0 Å². The van der Waals surface area contributed by atoms with Gasteiger partial charge < -0.3 is 14.4 Å². The van der Waals surface area contributed by atoms with Crippen LogP contribution in [0.1, 0.15) is 21.7 Å². The van der Waals surface area contributed by atoms with Crippen molar-refractivity contribution in [2.45, 2.75) is 13.3 Å². The predicted octanol–water partition coefficient (Wildman–Crippen LogP) is 3.72. The maximum absolute atomic E-state index is 13.5. The molecule has 3 aromatic rings. The molecule has 33 heavy (non-hydrogen) atoms. The first-order chi connectivity index (χ1) is 16.0. The fourth-order valence-corrected chi connectivity index (χ4v) is 4.41. The van der Waals surface area contributed by atoms with Crippen LogP contribution in [0.5, 0.6) is 0 Å². The van der Waals surface area contributed by atoms with Gasteiger partial charge in [-0.3, -0.25) is 9.59 Å². The lowest BCUT2D eigenvalue weighted by Crippen LogP contribution is -2.38. The zero-order chi connectivity index (χ0) is 23.4. The summed E-state index contributed by atoms with van der Waals surface area (Å²) in [5.74, 6) is -0.0435. The molecule has 0 saturated carbocycles. The van der Waals surface area contributed by atoms with Crippen LogP contribution in [0.3, 0.4) is 0 Å². The third-order valence-electron chi connectivity index (χ3n) is 6.24. The van der Waals surface area contributed by atoms with Gasteiger partial charge in [-0.1, -0.05) is 60.2 Å². The van der Waals surface area contributed by atoms with Crippen LogP contribution in [0.25, 0.3) is 11.1 Å². The number of nitrogens with zero attached hydrogens (tertiary/aromatic N) is 4. The molecule has 1 saturated heterocycles. The summed E-state index contributed by atoms with van der Waals surface area (Å²) in [6.07, 6.45) is 5.68. The summed E-state index contributed by atoms with van der Waals surface area (Å²) >= 11 is 0. The largest absolute Gasteiger partial charge is 0.337 e. The summed E-state index contributed by atoms with van der Waals surface area (Å²) in [6.45, 7) is 7.67. The van der Waals surface area contributed by atoms with E-state index in [-0.39, 0.29) is 17.7 Å². The first kappa shape index (κ1) is 22.5. The third kappa shape index (κ3) is 4.90. The van der Waals surface area contributed by atoms with E-state index in [4.69, 9.17) is 0 Å². The second-order valence-electron chi connectivity index (χ2n) is 8.61. The molecule has 1 unspecified atom stereocenters. The van der Waals surface area contributed by atoms with Gasteiger partial charge in [-0.15, -0.1) is 6.58 Å². The zero-order valence-electron chi connectivity index (χ0n) is 19.3. The second-order valence-corrected chi connectivity index (χ2v) is 8.61. The topological polar surface area (TPSA) is 58.4 Å². The Labute approximate surface area is 195 Å². The van der Waals surface area contributed by atoms with E-state index in [1.165, 1.54) is 5.56 Å². The number of amides is 2. The van der Waals surface area contributed by atoms with Crippen molar-refractivity contribution in [2.75, 3.05) is 26.2 Å². The zero-order valence-corrected chi connectivity index (χ0v) is 19.3. The van der Waals surface area contributed by atoms with Gasteiger partial charge >= 0.3 is 0 Å². The van der Waals surface area contributed by atoms with Gasteiger partial charge in [-0.25, -0.2) is 4.98 Å². The van der Waals surface area contributed by atoms with Gasteiger partial charge in [-0.05, 0) is 30.0 Å². The normalized spacial score (nSPS) is 16.5. The van der Waals surface area contributed by atoms with E-state index in [9.17, 15) is 9.59 Å². The Balaban J connectivity index is 1.65. The van der Waals surface area contributed by atoms with E-state index >= 15 is 0 Å². The van der Waals surface area contributed by atoms with Crippen LogP contribution in [0.4, 0.5) is 0 Å². The van der Waals surface area contributed by atoms with Crippen LogP contribution in [0.2, 0.25) is 0 Å². The molecular weight excluding hydrogens is 412 g/mol. The molecular formula is C27H30N4O2. The number of hydrogen-bond acceptors (Lipinski definition) is 3. The Bertz CT molecular complexity index is 1150. The van der Waals surface area contributed by atoms with Crippen LogP contribution in [0.15, 0.2) is 73.6 Å². The van der Waals surface area contributed by atoms with Crippen LogP contribution in [-0.4, -0.2) is 57.3 Å². The highest BCUT2D eigenvalue weighted by molar-refractivity contribution is 5.92. The summed E-state index contributed by atoms with van der Waals surface area (Å²) in [5, 5.41) is 0. The fraction of sp³-hybridized carbons (Fsp3) is 0.296. The lowest BCUT2D eigenvalue weighted by molar-refractivity contribution is -0.134. The van der Waals surface area contributed by atoms with E-state index in [2.05, 4.69) is 54.9 Å². The fourth-order valence-electron chi connectivity index (χ4n) is 4.41. The lowest BCUT2D eigenvalue weighted by atomic mass is 9.91. The van der Waals surface area contributed by atoms with Crippen molar-refractivity contribution in [3.8, 4) is 11.1 Å². The van der Waals surface area contributed by atoms with Crippen LogP contribution < -0.4 is 0 Å². The second kappa shape index (κ2) is 9.86. The van der Waals surface area contributed by atoms with Crippen molar-refractivity contribution >= 4 is 11.8 Å². The van der Waals surface area contributed by atoms with Crippen molar-refractivity contribution in [3.05, 3.63) is 90.5 Å². The molecule has 6 heteroatoms. The van der Waals surface area contributed by atoms with Gasteiger partial charge in [-0.2, -0.15) is 0 Å². The van der Waals surface area contributed by atoms with Gasteiger partial charge in [0.15, 0.2) is 5.82 Å². The molecule has 1 aliphatic rings.